The van der Waals surface area contributed by atoms with Crippen LogP contribution < -0.4 is 0 Å². The number of nitrogens with zero attached hydrogens (tertiary/aromatic N) is 3. The first-order chi connectivity index (χ1) is 13.2. The van der Waals surface area contributed by atoms with Crippen LogP contribution in [-0.2, 0) is 11.3 Å². The van der Waals surface area contributed by atoms with E-state index in [1.807, 2.05) is 12.1 Å². The molecule has 2 aromatic heterocycles. The van der Waals surface area contributed by atoms with Crippen molar-refractivity contribution in [1.82, 2.24) is 19.4 Å². The van der Waals surface area contributed by atoms with Gasteiger partial charge in [0, 0.05) is 49.7 Å². The zero-order chi connectivity index (χ0) is 18.6. The molecule has 0 amide bonds. The maximum absolute atomic E-state index is 13.5. The smallest absolute Gasteiger partial charge is 0.178 e. The number of pyridine rings is 1. The molecule has 5 nitrogen and oxygen atoms in total. The van der Waals surface area contributed by atoms with Crippen molar-refractivity contribution >= 4 is 12.2 Å². The van der Waals surface area contributed by atoms with Gasteiger partial charge in [-0.15, -0.1) is 0 Å². The third kappa shape index (κ3) is 4.00. The zero-order valence-electron chi connectivity index (χ0n) is 14.9. The Morgan fingerprint density at radius 3 is 2.41 bits per heavy atom. The number of halogens is 1. The predicted octanol–water partition coefficient (Wildman–Crippen LogP) is 3.75. The Balaban J connectivity index is 1.74. The number of benzene rings is 1. The number of hydrogen-bond acceptors (Lipinski definition) is 4. The minimum Gasteiger partial charge on any atom is -0.379 e. The number of imidazole rings is 1. The van der Waals surface area contributed by atoms with Crippen molar-refractivity contribution in [3.63, 3.8) is 0 Å². The quantitative estimate of drug-likeness (QED) is 0.681. The van der Waals surface area contributed by atoms with Crippen molar-refractivity contribution in [3.05, 3.63) is 59.4 Å². The zero-order valence-corrected chi connectivity index (χ0v) is 15.7. The molecule has 0 saturated carbocycles. The molecule has 0 radical (unpaired) electrons. The molecular formula is C20H21FN4OS. The molecule has 7 heteroatoms. The van der Waals surface area contributed by atoms with Crippen LogP contribution in [0.2, 0.25) is 0 Å². The topological polar surface area (TPSA) is 46.1 Å². The fraction of sp³-hybridized carbons (Fsp3) is 0.300. The molecule has 1 aliphatic rings. The molecule has 0 bridgehead atoms. The number of ether oxygens (including phenoxy) is 1. The Bertz CT molecular complexity index is 946. The summed E-state index contributed by atoms with van der Waals surface area (Å²) in [5, 5.41) is 0. The van der Waals surface area contributed by atoms with E-state index in [1.54, 1.807) is 24.5 Å². The molecule has 0 spiro atoms. The SMILES string of the molecule is Fc1ccc(-c2c(-c3ccncc3)[nH]c(=S)n2CCN2CCOCC2)cc1. The van der Waals surface area contributed by atoms with Crippen LogP contribution in [-0.4, -0.2) is 52.3 Å². The van der Waals surface area contributed by atoms with Crippen molar-refractivity contribution < 1.29 is 9.13 Å². The van der Waals surface area contributed by atoms with Gasteiger partial charge in [-0.2, -0.15) is 0 Å². The number of nitrogens with one attached hydrogen (secondary N) is 1. The van der Waals surface area contributed by atoms with Gasteiger partial charge in [0.15, 0.2) is 4.77 Å². The highest BCUT2D eigenvalue weighted by Crippen LogP contribution is 2.31. The second kappa shape index (κ2) is 8.12. The van der Waals surface area contributed by atoms with Crippen LogP contribution in [0.5, 0.6) is 0 Å². The molecule has 4 rings (SSSR count). The van der Waals surface area contributed by atoms with E-state index in [4.69, 9.17) is 17.0 Å². The predicted molar refractivity (Wildman–Crippen MR) is 106 cm³/mol. The average Bonchev–Trinajstić information content (AvgIpc) is 3.05. The summed E-state index contributed by atoms with van der Waals surface area (Å²) in [7, 11) is 0. The molecule has 1 aromatic carbocycles. The Morgan fingerprint density at radius 2 is 1.70 bits per heavy atom. The molecule has 3 heterocycles. The van der Waals surface area contributed by atoms with Crippen LogP contribution in [0.4, 0.5) is 4.39 Å². The van der Waals surface area contributed by atoms with E-state index < -0.39 is 0 Å². The fourth-order valence-electron chi connectivity index (χ4n) is 3.39. The van der Waals surface area contributed by atoms with Gasteiger partial charge in [0.05, 0.1) is 24.6 Å². The van der Waals surface area contributed by atoms with Gasteiger partial charge in [0.25, 0.3) is 0 Å². The summed E-state index contributed by atoms with van der Waals surface area (Å²) >= 11 is 5.63. The summed E-state index contributed by atoms with van der Waals surface area (Å²) in [5.41, 5.74) is 3.83. The molecule has 1 N–H and O–H groups in total. The van der Waals surface area contributed by atoms with Gasteiger partial charge < -0.3 is 14.3 Å². The fourth-order valence-corrected chi connectivity index (χ4v) is 3.67. The standard InChI is InChI=1S/C20H21FN4OS/c21-17-3-1-16(2-4-17)19-18(15-5-7-22-8-6-15)23-20(27)25(19)10-9-24-11-13-26-14-12-24/h1-8H,9-14H2,(H,23,27). The van der Waals surface area contributed by atoms with E-state index in [1.165, 1.54) is 12.1 Å². The highest BCUT2D eigenvalue weighted by molar-refractivity contribution is 7.71. The lowest BCUT2D eigenvalue weighted by atomic mass is 10.1. The van der Waals surface area contributed by atoms with Gasteiger partial charge in [-0.3, -0.25) is 9.88 Å². The molecular weight excluding hydrogens is 363 g/mol. The number of H-pyrrole nitrogens is 1. The first-order valence-electron chi connectivity index (χ1n) is 9.01. The Hall–Kier alpha value is -2.35. The largest absolute Gasteiger partial charge is 0.379 e. The Kier molecular flexibility index (Phi) is 5.42. The second-order valence-corrected chi connectivity index (χ2v) is 6.89. The molecule has 3 aromatic rings. The molecule has 27 heavy (non-hydrogen) atoms. The number of aromatic nitrogens is 3. The molecule has 1 saturated heterocycles. The van der Waals surface area contributed by atoms with E-state index in [2.05, 4.69) is 19.4 Å². The summed E-state index contributed by atoms with van der Waals surface area (Å²) < 4.78 is 21.7. The van der Waals surface area contributed by atoms with Crippen LogP contribution in [0.15, 0.2) is 48.8 Å². The first kappa shape index (κ1) is 18.0. The summed E-state index contributed by atoms with van der Waals surface area (Å²) in [6.45, 7) is 5.05. The van der Waals surface area contributed by atoms with Crippen molar-refractivity contribution in [1.29, 1.82) is 0 Å². The summed E-state index contributed by atoms with van der Waals surface area (Å²) in [5.74, 6) is -0.252. The minimum absolute atomic E-state index is 0.252. The van der Waals surface area contributed by atoms with Crippen molar-refractivity contribution in [2.24, 2.45) is 0 Å². The van der Waals surface area contributed by atoms with Crippen LogP contribution in [0.25, 0.3) is 22.5 Å². The molecule has 140 valence electrons. The lowest BCUT2D eigenvalue weighted by molar-refractivity contribution is 0.0364. The number of hydrogen-bond donors (Lipinski definition) is 1. The molecule has 1 fully saturated rings. The molecule has 0 aliphatic carbocycles. The van der Waals surface area contributed by atoms with Gasteiger partial charge in [-0.25, -0.2) is 4.39 Å². The minimum atomic E-state index is -0.252. The Labute approximate surface area is 162 Å². The number of aromatic amines is 1. The first-order valence-corrected chi connectivity index (χ1v) is 9.42. The van der Waals surface area contributed by atoms with Crippen LogP contribution >= 0.6 is 12.2 Å². The normalized spacial score (nSPS) is 15.1. The molecule has 1 aliphatic heterocycles. The third-order valence-electron chi connectivity index (χ3n) is 4.81. The number of rotatable bonds is 5. The monoisotopic (exact) mass is 384 g/mol. The summed E-state index contributed by atoms with van der Waals surface area (Å²) in [6, 6.07) is 10.4. The second-order valence-electron chi connectivity index (χ2n) is 6.50. The molecule has 0 atom stereocenters. The maximum atomic E-state index is 13.5. The van der Waals surface area contributed by atoms with Crippen molar-refractivity contribution in [2.75, 3.05) is 32.8 Å². The lowest BCUT2D eigenvalue weighted by Gasteiger charge is -2.26. The van der Waals surface area contributed by atoms with Crippen LogP contribution in [0, 0.1) is 10.6 Å². The van der Waals surface area contributed by atoms with E-state index >= 15 is 0 Å². The van der Waals surface area contributed by atoms with Gasteiger partial charge in [-0.05, 0) is 48.6 Å². The van der Waals surface area contributed by atoms with Crippen LogP contribution in [0.1, 0.15) is 0 Å². The average molecular weight is 384 g/mol. The highest BCUT2D eigenvalue weighted by atomic mass is 32.1. The summed E-state index contributed by atoms with van der Waals surface area (Å²) in [4.78, 5) is 9.81. The maximum Gasteiger partial charge on any atom is 0.178 e. The lowest BCUT2D eigenvalue weighted by Crippen LogP contribution is -2.38. The van der Waals surface area contributed by atoms with E-state index in [-0.39, 0.29) is 5.82 Å². The van der Waals surface area contributed by atoms with Crippen LogP contribution in [0.3, 0.4) is 0 Å². The number of morpholine rings is 1. The van der Waals surface area contributed by atoms with Gasteiger partial charge in [-0.1, -0.05) is 0 Å². The van der Waals surface area contributed by atoms with Gasteiger partial charge in [0.2, 0.25) is 0 Å². The van der Waals surface area contributed by atoms with E-state index in [9.17, 15) is 4.39 Å². The van der Waals surface area contributed by atoms with E-state index in [0.29, 0.717) is 4.77 Å². The van der Waals surface area contributed by atoms with Crippen molar-refractivity contribution in [3.8, 4) is 22.5 Å². The van der Waals surface area contributed by atoms with E-state index in [0.717, 1.165) is 61.9 Å². The highest BCUT2D eigenvalue weighted by Gasteiger charge is 2.17. The van der Waals surface area contributed by atoms with Crippen molar-refractivity contribution in [2.45, 2.75) is 6.54 Å². The Morgan fingerprint density at radius 1 is 1.00 bits per heavy atom. The summed E-state index contributed by atoms with van der Waals surface area (Å²) in [6.07, 6.45) is 3.51. The van der Waals surface area contributed by atoms with Gasteiger partial charge >= 0.3 is 0 Å². The molecule has 0 unspecified atom stereocenters. The van der Waals surface area contributed by atoms with Gasteiger partial charge in [0.1, 0.15) is 5.82 Å². The third-order valence-corrected chi connectivity index (χ3v) is 5.14.